The van der Waals surface area contributed by atoms with Crippen molar-refractivity contribution < 1.29 is 9.53 Å². The van der Waals surface area contributed by atoms with Crippen molar-refractivity contribution in [1.29, 1.82) is 5.41 Å². The smallest absolute Gasteiger partial charge is 0.415 e. The third-order valence-electron chi connectivity index (χ3n) is 1.81. The molecule has 0 aromatic rings. The highest BCUT2D eigenvalue weighted by molar-refractivity contribution is 6.67. The van der Waals surface area contributed by atoms with Crippen LogP contribution in [0, 0.1) is 5.41 Å². The molecule has 0 unspecified atom stereocenters. The lowest BCUT2D eigenvalue weighted by molar-refractivity contribution is 0.0310. The molecule has 0 aromatic heterocycles. The van der Waals surface area contributed by atoms with E-state index in [1.165, 1.54) is 23.0 Å². The average molecular weight is 275 g/mol. The van der Waals surface area contributed by atoms with Crippen LogP contribution in [0.2, 0.25) is 0 Å². The first-order chi connectivity index (χ1) is 8.08. The van der Waals surface area contributed by atoms with Gasteiger partial charge >= 0.3 is 6.09 Å². The summed E-state index contributed by atoms with van der Waals surface area (Å²) in [6.07, 6.45) is 0.710. The van der Waals surface area contributed by atoms with E-state index >= 15 is 0 Å². The molecule has 0 aliphatic heterocycles. The van der Waals surface area contributed by atoms with Gasteiger partial charge in [0.15, 0.2) is 0 Å². The first-order valence-electron chi connectivity index (χ1n) is 5.21. The first-order valence-corrected chi connectivity index (χ1v) is 5.59. The van der Waals surface area contributed by atoms with E-state index in [9.17, 15) is 4.79 Å². The Morgan fingerprint density at radius 1 is 1.44 bits per heavy atom. The maximum atomic E-state index is 11.9. The molecule has 1 amide bonds. The molecular weight excluding hydrogens is 256 g/mol. The normalized spacial score (nSPS) is 11.8. The number of halogens is 1. The Morgan fingerprint density at radius 3 is 2.28 bits per heavy atom. The summed E-state index contributed by atoms with van der Waals surface area (Å²) < 4.78 is 5.20. The van der Waals surface area contributed by atoms with E-state index in [1.54, 1.807) is 27.8 Å². The Morgan fingerprint density at radius 2 is 1.94 bits per heavy atom. The quantitative estimate of drug-likeness (QED) is 0.632. The van der Waals surface area contributed by atoms with E-state index < -0.39 is 11.7 Å². The predicted molar refractivity (Wildman–Crippen MR) is 73.0 cm³/mol. The van der Waals surface area contributed by atoms with Crippen molar-refractivity contribution in [3.63, 3.8) is 0 Å². The van der Waals surface area contributed by atoms with Gasteiger partial charge in [0, 0.05) is 26.9 Å². The number of ether oxygens (including phenoxy) is 1. The minimum absolute atomic E-state index is 0.226. The Labute approximate surface area is 112 Å². The first kappa shape index (κ1) is 16.4. The molecule has 0 rings (SSSR count). The van der Waals surface area contributed by atoms with E-state index in [0.29, 0.717) is 5.82 Å². The molecule has 0 aliphatic rings. The Kier molecular flexibility index (Phi) is 5.84. The molecule has 0 radical (unpaired) electrons. The Bertz CT molecular complexity index is 374. The second-order valence-corrected chi connectivity index (χ2v) is 4.96. The van der Waals surface area contributed by atoms with Crippen molar-refractivity contribution in [3.8, 4) is 0 Å². The molecule has 1 N–H and O–H groups in total. The fourth-order valence-electron chi connectivity index (χ4n) is 1.02. The van der Waals surface area contributed by atoms with Gasteiger partial charge in [-0.1, -0.05) is 11.6 Å². The van der Waals surface area contributed by atoms with Gasteiger partial charge in [-0.25, -0.2) is 4.79 Å². The molecule has 0 fully saturated rings. The van der Waals surface area contributed by atoms with Gasteiger partial charge in [-0.05, 0) is 20.8 Å². The van der Waals surface area contributed by atoms with E-state index in [1.807, 2.05) is 0 Å². The van der Waals surface area contributed by atoms with Crippen LogP contribution in [-0.2, 0) is 4.74 Å². The third-order valence-corrected chi connectivity index (χ3v) is 1.92. The fraction of sp³-hybridized carbons (Fsp3) is 0.545. The molecule has 6 nitrogen and oxygen atoms in total. The van der Waals surface area contributed by atoms with Gasteiger partial charge in [-0.2, -0.15) is 5.10 Å². The number of allylic oxidation sites excluding steroid dienone is 1. The lowest BCUT2D eigenvalue weighted by Gasteiger charge is -2.28. The van der Waals surface area contributed by atoms with Gasteiger partial charge in [0.2, 0.25) is 0 Å². The minimum Gasteiger partial charge on any atom is -0.443 e. The molecule has 0 spiro atoms. The second-order valence-electron chi connectivity index (χ2n) is 4.55. The maximum absolute atomic E-state index is 11.9. The number of carbonyl (C=O) groups is 1. The van der Waals surface area contributed by atoms with Gasteiger partial charge < -0.3 is 4.74 Å². The zero-order valence-electron chi connectivity index (χ0n) is 11.3. The second kappa shape index (κ2) is 6.39. The highest BCUT2D eigenvalue weighted by atomic mass is 35.5. The van der Waals surface area contributed by atoms with Crippen molar-refractivity contribution in [2.45, 2.75) is 26.4 Å². The lowest BCUT2D eigenvalue weighted by atomic mass is 10.2. The lowest BCUT2D eigenvalue weighted by Crippen LogP contribution is -2.37. The highest BCUT2D eigenvalue weighted by Gasteiger charge is 2.23. The Balaban J connectivity index is 5.09. The van der Waals surface area contributed by atoms with E-state index in [2.05, 4.69) is 11.8 Å². The molecule has 0 aliphatic carbocycles. The summed E-state index contributed by atoms with van der Waals surface area (Å²) in [5, 5.41) is 12.0. The van der Waals surface area contributed by atoms with Crippen LogP contribution in [-0.4, -0.2) is 47.6 Å². The summed E-state index contributed by atoms with van der Waals surface area (Å²) in [6.45, 7) is 8.64. The molecule has 7 heteroatoms. The van der Waals surface area contributed by atoms with E-state index in [4.69, 9.17) is 21.7 Å². The van der Waals surface area contributed by atoms with E-state index in [0.717, 1.165) is 0 Å². The third kappa shape index (κ3) is 5.67. The molecule has 102 valence electrons. The molecular formula is C11H19ClN4O2. The maximum Gasteiger partial charge on any atom is 0.415 e. The van der Waals surface area contributed by atoms with Crippen LogP contribution in [0.3, 0.4) is 0 Å². The van der Waals surface area contributed by atoms with Crippen LogP contribution >= 0.6 is 11.6 Å². The fourth-order valence-corrected chi connectivity index (χ4v) is 1.11. The number of hydrogen-bond acceptors (Lipinski definition) is 5. The summed E-state index contributed by atoms with van der Waals surface area (Å²) in [4.78, 5) is 13.1. The van der Waals surface area contributed by atoms with Crippen LogP contribution < -0.4 is 0 Å². The van der Waals surface area contributed by atoms with Gasteiger partial charge in [-0.3, -0.25) is 15.3 Å². The van der Waals surface area contributed by atoms with Gasteiger partial charge in [0.05, 0.1) is 0 Å². The standard InChI is InChI=1S/C11H19ClN4O2/c1-11(2,3)18-10(17)15(5)9(7-8(12)13)16(6)14-4/h7,13H,4H2,1-3,5-6H3/b9-7-,13-8?. The topological polar surface area (TPSA) is 69.0 Å². The van der Waals surface area contributed by atoms with Gasteiger partial charge in [0.1, 0.15) is 16.6 Å². The summed E-state index contributed by atoms with van der Waals surface area (Å²) in [7, 11) is 3.08. The number of hydrogen-bond donors (Lipinski definition) is 1. The van der Waals surface area contributed by atoms with Crippen LogP contribution in [0.25, 0.3) is 0 Å². The van der Waals surface area contributed by atoms with Crippen molar-refractivity contribution >= 4 is 29.6 Å². The summed E-state index contributed by atoms with van der Waals surface area (Å²) >= 11 is 5.49. The van der Waals surface area contributed by atoms with Crippen molar-refractivity contribution in [3.05, 3.63) is 11.9 Å². The molecule has 0 atom stereocenters. The summed E-state index contributed by atoms with van der Waals surface area (Å²) in [5.41, 5.74) is -0.606. The van der Waals surface area contributed by atoms with Gasteiger partial charge in [0.25, 0.3) is 0 Å². The number of carbonyl (C=O) groups excluding carboxylic acids is 1. The monoisotopic (exact) mass is 274 g/mol. The van der Waals surface area contributed by atoms with Crippen LogP contribution in [0.5, 0.6) is 0 Å². The van der Waals surface area contributed by atoms with Crippen LogP contribution in [0.1, 0.15) is 20.8 Å². The molecule has 0 saturated carbocycles. The molecule has 18 heavy (non-hydrogen) atoms. The Hall–Kier alpha value is -1.56. The SMILES string of the molecule is C=NN(C)/C(=C\C(=N)Cl)N(C)C(=O)OC(C)(C)C. The number of rotatable bonds is 4. The zero-order chi connectivity index (χ0) is 14.5. The highest BCUT2D eigenvalue weighted by Crippen LogP contribution is 2.14. The molecule has 0 bridgehead atoms. The number of amides is 1. The molecule has 0 aromatic carbocycles. The molecule has 0 saturated heterocycles. The number of nitrogens with one attached hydrogen (secondary N) is 1. The van der Waals surface area contributed by atoms with Crippen LogP contribution in [0.4, 0.5) is 4.79 Å². The number of nitrogens with zero attached hydrogens (tertiary/aromatic N) is 3. The summed E-state index contributed by atoms with van der Waals surface area (Å²) in [6, 6.07) is 0. The van der Waals surface area contributed by atoms with Gasteiger partial charge in [-0.15, -0.1) is 0 Å². The number of hydrazone groups is 1. The minimum atomic E-state index is -0.606. The van der Waals surface area contributed by atoms with Crippen molar-refractivity contribution in [2.75, 3.05) is 14.1 Å². The summed E-state index contributed by atoms with van der Waals surface area (Å²) in [5.74, 6) is 0.291. The zero-order valence-corrected chi connectivity index (χ0v) is 12.1. The largest absolute Gasteiger partial charge is 0.443 e. The van der Waals surface area contributed by atoms with E-state index in [-0.39, 0.29) is 5.17 Å². The predicted octanol–water partition coefficient (Wildman–Crippen LogP) is 2.46. The molecule has 0 heterocycles. The average Bonchev–Trinajstić information content (AvgIpc) is 2.21. The van der Waals surface area contributed by atoms with Crippen LogP contribution in [0.15, 0.2) is 17.0 Å². The van der Waals surface area contributed by atoms with Crippen molar-refractivity contribution in [2.24, 2.45) is 5.10 Å². The van der Waals surface area contributed by atoms with Crippen molar-refractivity contribution in [1.82, 2.24) is 9.91 Å².